The monoisotopic (exact) mass is 273 g/mol. The number of ether oxygens (including phenoxy) is 1. The van der Waals surface area contributed by atoms with Gasteiger partial charge in [0.25, 0.3) is 0 Å². The molecule has 2 N–H and O–H groups in total. The van der Waals surface area contributed by atoms with Gasteiger partial charge in [0.15, 0.2) is 0 Å². The van der Waals surface area contributed by atoms with Crippen LogP contribution in [0.25, 0.3) is 0 Å². The fraction of sp³-hybridized carbons (Fsp3) is 0.667. The molecule has 0 aromatic heterocycles. The van der Waals surface area contributed by atoms with E-state index in [1.54, 1.807) is 0 Å². The number of nitrogens with two attached hydrogens (primary N) is 1. The van der Waals surface area contributed by atoms with Gasteiger partial charge >= 0.3 is 0 Å². The maximum atomic E-state index is 6.44. The van der Waals surface area contributed by atoms with Gasteiger partial charge in [-0.2, -0.15) is 0 Å². The topological polar surface area (TPSA) is 35.2 Å². The lowest BCUT2D eigenvalue weighted by Gasteiger charge is -2.24. The molecule has 110 valence electrons. The van der Waals surface area contributed by atoms with Crippen LogP contribution in [0.15, 0.2) is 24.3 Å². The van der Waals surface area contributed by atoms with E-state index in [1.807, 2.05) is 0 Å². The molecule has 0 amide bonds. The summed E-state index contributed by atoms with van der Waals surface area (Å²) in [6, 6.07) is 9.24. The molecule has 1 aliphatic carbocycles. The van der Waals surface area contributed by atoms with Crippen molar-refractivity contribution in [3.63, 3.8) is 0 Å². The smallest absolute Gasteiger partial charge is 0.0594 e. The van der Waals surface area contributed by atoms with E-state index < -0.39 is 0 Å². The van der Waals surface area contributed by atoms with Crippen molar-refractivity contribution < 1.29 is 4.74 Å². The highest BCUT2D eigenvalue weighted by Gasteiger charge is 2.30. The Bertz CT molecular complexity index is 422. The maximum absolute atomic E-state index is 6.44. The minimum Gasteiger partial charge on any atom is -0.378 e. The van der Waals surface area contributed by atoms with Gasteiger partial charge in [0.1, 0.15) is 0 Å². The minimum absolute atomic E-state index is 0.118. The van der Waals surface area contributed by atoms with Crippen LogP contribution in [-0.4, -0.2) is 12.7 Å². The van der Waals surface area contributed by atoms with Crippen molar-refractivity contribution in [1.82, 2.24) is 0 Å². The highest BCUT2D eigenvalue weighted by atomic mass is 16.5. The summed E-state index contributed by atoms with van der Waals surface area (Å²) in [5, 5.41) is 0. The first-order chi connectivity index (χ1) is 9.75. The molecule has 2 aliphatic rings. The molecular weight excluding hydrogens is 246 g/mol. The Hall–Kier alpha value is -0.860. The Morgan fingerprint density at radius 1 is 1.05 bits per heavy atom. The summed E-state index contributed by atoms with van der Waals surface area (Å²) in [5.74, 6) is 1.25. The van der Waals surface area contributed by atoms with Crippen LogP contribution >= 0.6 is 0 Å². The third kappa shape index (κ3) is 2.91. The van der Waals surface area contributed by atoms with Crippen LogP contribution < -0.4 is 5.73 Å². The third-order valence-corrected chi connectivity index (χ3v) is 5.29. The molecule has 1 heterocycles. The minimum atomic E-state index is 0.118. The van der Waals surface area contributed by atoms with Crippen molar-refractivity contribution in [3.8, 4) is 0 Å². The fourth-order valence-corrected chi connectivity index (χ4v) is 3.89. The highest BCUT2D eigenvalue weighted by molar-refractivity contribution is 5.28. The van der Waals surface area contributed by atoms with Gasteiger partial charge in [-0.25, -0.2) is 0 Å². The first-order valence-electron chi connectivity index (χ1n) is 8.23. The van der Waals surface area contributed by atoms with E-state index in [1.165, 1.54) is 43.2 Å². The zero-order valence-electron chi connectivity index (χ0n) is 12.6. The summed E-state index contributed by atoms with van der Waals surface area (Å²) in [4.78, 5) is 0. The Morgan fingerprint density at radius 2 is 1.75 bits per heavy atom. The van der Waals surface area contributed by atoms with Gasteiger partial charge in [-0.05, 0) is 43.2 Å². The standard InChI is InChI=1S/C18H27NO/c1-13-17(11-12-20-13)18(19)16-9-7-15(8-10-16)14-5-3-2-4-6-14/h7-10,13-14,17-18H,2-6,11-12,19H2,1H3. The SMILES string of the molecule is CC1OCCC1C(N)c1ccc(C2CCCCC2)cc1. The first-order valence-corrected chi connectivity index (χ1v) is 8.23. The first kappa shape index (κ1) is 14.1. The molecule has 0 radical (unpaired) electrons. The van der Waals surface area contributed by atoms with Crippen LogP contribution in [-0.2, 0) is 4.74 Å². The fourth-order valence-electron chi connectivity index (χ4n) is 3.89. The van der Waals surface area contributed by atoms with Crippen molar-refractivity contribution in [2.75, 3.05) is 6.61 Å². The molecule has 1 aromatic rings. The molecule has 1 saturated heterocycles. The van der Waals surface area contributed by atoms with Crippen molar-refractivity contribution in [3.05, 3.63) is 35.4 Å². The number of hydrogen-bond acceptors (Lipinski definition) is 2. The second-order valence-electron chi connectivity index (χ2n) is 6.56. The van der Waals surface area contributed by atoms with Crippen LogP contribution in [0.4, 0.5) is 0 Å². The van der Waals surface area contributed by atoms with Gasteiger partial charge in [-0.1, -0.05) is 43.5 Å². The molecular formula is C18H27NO. The van der Waals surface area contributed by atoms with Crippen molar-refractivity contribution in [1.29, 1.82) is 0 Å². The van der Waals surface area contributed by atoms with Gasteiger partial charge in [0, 0.05) is 18.6 Å². The molecule has 3 unspecified atom stereocenters. The number of benzene rings is 1. The molecule has 2 nitrogen and oxygen atoms in total. The molecule has 3 rings (SSSR count). The van der Waals surface area contributed by atoms with Gasteiger partial charge in [-0.3, -0.25) is 0 Å². The molecule has 2 heteroatoms. The second kappa shape index (κ2) is 6.28. The summed E-state index contributed by atoms with van der Waals surface area (Å²) in [5.41, 5.74) is 9.22. The average Bonchev–Trinajstić information content (AvgIpc) is 2.94. The van der Waals surface area contributed by atoms with E-state index in [0.29, 0.717) is 12.0 Å². The Balaban J connectivity index is 1.68. The maximum Gasteiger partial charge on any atom is 0.0594 e. The van der Waals surface area contributed by atoms with E-state index in [4.69, 9.17) is 10.5 Å². The van der Waals surface area contributed by atoms with Crippen molar-refractivity contribution >= 4 is 0 Å². The van der Waals surface area contributed by atoms with Crippen LogP contribution in [0.1, 0.15) is 68.5 Å². The van der Waals surface area contributed by atoms with E-state index in [0.717, 1.165) is 18.9 Å². The highest BCUT2D eigenvalue weighted by Crippen LogP contribution is 2.35. The van der Waals surface area contributed by atoms with Crippen LogP contribution in [0.2, 0.25) is 0 Å². The molecule has 20 heavy (non-hydrogen) atoms. The Morgan fingerprint density at radius 3 is 2.35 bits per heavy atom. The normalized spacial score (nSPS) is 29.5. The van der Waals surface area contributed by atoms with Gasteiger partial charge in [0.2, 0.25) is 0 Å². The lowest BCUT2D eigenvalue weighted by Crippen LogP contribution is -2.26. The van der Waals surface area contributed by atoms with Crippen LogP contribution in [0, 0.1) is 5.92 Å². The van der Waals surface area contributed by atoms with Gasteiger partial charge < -0.3 is 10.5 Å². The van der Waals surface area contributed by atoms with Crippen LogP contribution in [0.3, 0.4) is 0 Å². The zero-order valence-corrected chi connectivity index (χ0v) is 12.6. The lowest BCUT2D eigenvalue weighted by atomic mass is 9.83. The van der Waals surface area contributed by atoms with E-state index >= 15 is 0 Å². The lowest BCUT2D eigenvalue weighted by molar-refractivity contribution is 0.0995. The number of rotatable bonds is 3. The van der Waals surface area contributed by atoms with E-state index in [-0.39, 0.29) is 6.04 Å². The summed E-state index contributed by atoms with van der Waals surface area (Å²) >= 11 is 0. The van der Waals surface area contributed by atoms with Crippen molar-refractivity contribution in [2.24, 2.45) is 11.7 Å². The van der Waals surface area contributed by atoms with Crippen molar-refractivity contribution in [2.45, 2.75) is 63.5 Å². The molecule has 1 aliphatic heterocycles. The molecule has 2 fully saturated rings. The quantitative estimate of drug-likeness (QED) is 0.897. The predicted octanol–water partition coefficient (Wildman–Crippen LogP) is 4.16. The summed E-state index contributed by atoms with van der Waals surface area (Å²) < 4.78 is 5.65. The predicted molar refractivity (Wildman–Crippen MR) is 82.7 cm³/mol. The number of hydrogen-bond donors (Lipinski definition) is 1. The molecule has 1 saturated carbocycles. The largest absolute Gasteiger partial charge is 0.378 e. The summed E-state index contributed by atoms with van der Waals surface area (Å²) in [6.45, 7) is 3.01. The molecule has 0 bridgehead atoms. The van der Waals surface area contributed by atoms with Gasteiger partial charge in [-0.15, -0.1) is 0 Å². The average molecular weight is 273 g/mol. The van der Waals surface area contributed by atoms with Gasteiger partial charge in [0.05, 0.1) is 6.10 Å². The van der Waals surface area contributed by atoms with E-state index in [9.17, 15) is 0 Å². The Labute approximate surface area is 122 Å². The second-order valence-corrected chi connectivity index (χ2v) is 6.56. The molecule has 1 aromatic carbocycles. The summed E-state index contributed by atoms with van der Waals surface area (Å²) in [6.07, 6.45) is 8.30. The van der Waals surface area contributed by atoms with Crippen LogP contribution in [0.5, 0.6) is 0 Å². The third-order valence-electron chi connectivity index (χ3n) is 5.29. The Kier molecular flexibility index (Phi) is 4.42. The van der Waals surface area contributed by atoms with E-state index in [2.05, 4.69) is 31.2 Å². The molecule has 0 spiro atoms. The molecule has 3 atom stereocenters. The summed E-state index contributed by atoms with van der Waals surface area (Å²) in [7, 11) is 0. The zero-order chi connectivity index (χ0) is 13.9.